The van der Waals surface area contributed by atoms with Crippen LogP contribution in [0, 0.1) is 52.3 Å². The quantitative estimate of drug-likeness (QED) is 0.450. The van der Waals surface area contributed by atoms with Gasteiger partial charge in [-0.15, -0.1) is 0 Å². The van der Waals surface area contributed by atoms with E-state index in [1.54, 1.807) is 0 Å². The molecule has 0 aliphatic heterocycles. The highest BCUT2D eigenvalue weighted by Gasteiger charge is 2.59. The van der Waals surface area contributed by atoms with Gasteiger partial charge in [0.2, 0.25) is 0 Å². The van der Waals surface area contributed by atoms with Gasteiger partial charge in [0.25, 0.3) is 0 Å². The Bertz CT molecular complexity index is 618. The average molecular weight is 385 g/mol. The summed E-state index contributed by atoms with van der Waals surface area (Å²) in [5.41, 5.74) is 1.11. The van der Waals surface area contributed by atoms with E-state index in [2.05, 4.69) is 46.8 Å². The normalized spacial score (nSPS) is 46.0. The highest BCUT2D eigenvalue weighted by molar-refractivity contribution is 5.80. The van der Waals surface area contributed by atoms with E-state index >= 15 is 0 Å². The molecule has 1 nitrogen and oxygen atoms in total. The van der Waals surface area contributed by atoms with Crippen LogP contribution in [0.25, 0.3) is 0 Å². The number of fused-ring (bicyclic) bond motifs is 5. The van der Waals surface area contributed by atoms with Gasteiger partial charge in [0, 0.05) is 12.3 Å². The van der Waals surface area contributed by atoms with Crippen LogP contribution in [-0.4, -0.2) is 5.78 Å². The summed E-state index contributed by atoms with van der Waals surface area (Å²) in [7, 11) is 0. The molecule has 0 bridgehead atoms. The Kier molecular flexibility index (Phi) is 5.60. The van der Waals surface area contributed by atoms with Crippen molar-refractivity contribution >= 4 is 5.78 Å². The van der Waals surface area contributed by atoms with Crippen LogP contribution < -0.4 is 0 Å². The van der Waals surface area contributed by atoms with Crippen molar-refractivity contribution in [1.82, 2.24) is 0 Å². The van der Waals surface area contributed by atoms with Gasteiger partial charge in [0.1, 0.15) is 5.78 Å². The number of allylic oxidation sites excluding steroid dienone is 2. The first-order valence-electron chi connectivity index (χ1n) is 12.5. The minimum Gasteiger partial charge on any atom is -0.299 e. The largest absolute Gasteiger partial charge is 0.299 e. The zero-order valence-corrected chi connectivity index (χ0v) is 19.2. The molecule has 4 aliphatic rings. The van der Waals surface area contributed by atoms with Crippen molar-refractivity contribution in [3.05, 3.63) is 12.2 Å². The molecule has 3 saturated carbocycles. The second-order valence-electron chi connectivity index (χ2n) is 11.9. The maximum Gasteiger partial charge on any atom is 0.135 e. The standard InChI is InChI=1S/C27H44O/c1-18(2)25(28)14-9-19(3)22-12-13-23-21-11-10-20-8-6-7-16-26(20,4)24(21)15-17-27(22,23)5/h6,8,18-24H,7,9-17H2,1-5H3/t19-,20?,21+,22-,23+,24+,26+,27-/m1/s1. The van der Waals surface area contributed by atoms with Crippen LogP contribution in [0.4, 0.5) is 0 Å². The molecule has 28 heavy (non-hydrogen) atoms. The van der Waals surface area contributed by atoms with E-state index in [1.807, 2.05) is 0 Å². The number of carbonyl (C=O) groups is 1. The number of Topliss-reactive ketones (excluding diaryl/α,β-unsaturated/α-hetero) is 1. The SMILES string of the molecule is CC(C)C(=O)CC[C@@H](C)[C@H]1CC[C@H]2[C@@H]3CCC4C=CCC[C@]4(C)[C@H]3CC[C@]12C. The summed E-state index contributed by atoms with van der Waals surface area (Å²) < 4.78 is 0. The first kappa shape index (κ1) is 20.7. The van der Waals surface area contributed by atoms with E-state index in [4.69, 9.17) is 0 Å². The lowest BCUT2D eigenvalue weighted by Crippen LogP contribution is -2.52. The third-order valence-electron chi connectivity index (χ3n) is 10.4. The fraction of sp³-hybridized carbons (Fsp3) is 0.889. The van der Waals surface area contributed by atoms with Crippen molar-refractivity contribution in [2.24, 2.45) is 52.3 Å². The van der Waals surface area contributed by atoms with E-state index in [9.17, 15) is 4.79 Å². The fourth-order valence-corrected chi connectivity index (χ4v) is 8.66. The third kappa shape index (κ3) is 3.24. The zero-order chi connectivity index (χ0) is 20.1. The van der Waals surface area contributed by atoms with Crippen LogP contribution >= 0.6 is 0 Å². The number of ketones is 1. The smallest absolute Gasteiger partial charge is 0.135 e. The lowest BCUT2D eigenvalue weighted by Gasteiger charge is -2.60. The molecule has 0 aromatic carbocycles. The van der Waals surface area contributed by atoms with Crippen molar-refractivity contribution in [3.63, 3.8) is 0 Å². The molecule has 0 heterocycles. The Morgan fingerprint density at radius 2 is 1.71 bits per heavy atom. The number of hydrogen-bond acceptors (Lipinski definition) is 1. The molecule has 4 aliphatic carbocycles. The van der Waals surface area contributed by atoms with Crippen molar-refractivity contribution in [3.8, 4) is 0 Å². The molecule has 0 spiro atoms. The topological polar surface area (TPSA) is 17.1 Å². The molecule has 1 heteroatoms. The molecule has 8 atom stereocenters. The monoisotopic (exact) mass is 384 g/mol. The first-order chi connectivity index (χ1) is 13.3. The Balaban J connectivity index is 1.48. The molecule has 158 valence electrons. The molecule has 0 N–H and O–H groups in total. The molecule has 0 amide bonds. The van der Waals surface area contributed by atoms with E-state index in [1.165, 1.54) is 51.4 Å². The van der Waals surface area contributed by atoms with Crippen LogP contribution in [0.3, 0.4) is 0 Å². The van der Waals surface area contributed by atoms with Crippen LogP contribution in [-0.2, 0) is 4.79 Å². The summed E-state index contributed by atoms with van der Waals surface area (Å²) in [6.45, 7) is 11.9. The molecule has 0 aromatic heterocycles. The summed E-state index contributed by atoms with van der Waals surface area (Å²) in [6, 6.07) is 0. The van der Waals surface area contributed by atoms with E-state index in [0.717, 1.165) is 42.4 Å². The zero-order valence-electron chi connectivity index (χ0n) is 19.2. The molecule has 3 fully saturated rings. The molecule has 0 saturated heterocycles. The maximum atomic E-state index is 12.2. The van der Waals surface area contributed by atoms with Gasteiger partial charge in [-0.1, -0.05) is 46.8 Å². The first-order valence-corrected chi connectivity index (χ1v) is 12.5. The second-order valence-corrected chi connectivity index (χ2v) is 11.9. The van der Waals surface area contributed by atoms with Gasteiger partial charge < -0.3 is 0 Å². The molecule has 0 aromatic rings. The molecule has 1 unspecified atom stereocenters. The van der Waals surface area contributed by atoms with Gasteiger partial charge in [-0.25, -0.2) is 0 Å². The minimum absolute atomic E-state index is 0.204. The Morgan fingerprint density at radius 1 is 0.964 bits per heavy atom. The second kappa shape index (κ2) is 7.59. The molecular weight excluding hydrogens is 340 g/mol. The van der Waals surface area contributed by atoms with E-state index in [0.29, 0.717) is 22.5 Å². The fourth-order valence-electron chi connectivity index (χ4n) is 8.66. The predicted octanol–water partition coefficient (Wildman–Crippen LogP) is 7.45. The number of carbonyl (C=O) groups excluding carboxylic acids is 1. The lowest BCUT2D eigenvalue weighted by atomic mass is 9.45. The molecule has 4 rings (SSSR count). The average Bonchev–Trinajstić information content (AvgIpc) is 3.02. The van der Waals surface area contributed by atoms with E-state index in [-0.39, 0.29) is 5.92 Å². The maximum absolute atomic E-state index is 12.2. The summed E-state index contributed by atoms with van der Waals surface area (Å²) >= 11 is 0. The molecule has 0 radical (unpaired) electrons. The van der Waals surface area contributed by atoms with E-state index < -0.39 is 0 Å². The summed E-state index contributed by atoms with van der Waals surface area (Å²) in [5, 5.41) is 0. The van der Waals surface area contributed by atoms with Crippen molar-refractivity contribution in [2.75, 3.05) is 0 Å². The van der Waals surface area contributed by atoms with Crippen LogP contribution in [0.2, 0.25) is 0 Å². The van der Waals surface area contributed by atoms with Gasteiger partial charge in [-0.3, -0.25) is 4.79 Å². The van der Waals surface area contributed by atoms with Crippen LogP contribution in [0.5, 0.6) is 0 Å². The summed E-state index contributed by atoms with van der Waals surface area (Å²) in [4.78, 5) is 12.2. The van der Waals surface area contributed by atoms with Gasteiger partial charge in [-0.05, 0) is 104 Å². The van der Waals surface area contributed by atoms with Crippen molar-refractivity contribution in [2.45, 2.75) is 98.8 Å². The summed E-state index contributed by atoms with van der Waals surface area (Å²) in [5.74, 6) is 5.95. The molecular formula is C27H44O. The van der Waals surface area contributed by atoms with Crippen molar-refractivity contribution in [1.29, 1.82) is 0 Å². The number of rotatable bonds is 5. The highest BCUT2D eigenvalue weighted by atomic mass is 16.1. The van der Waals surface area contributed by atoms with Gasteiger partial charge in [0.15, 0.2) is 0 Å². The Morgan fingerprint density at radius 3 is 2.46 bits per heavy atom. The Labute approximate surface area is 174 Å². The van der Waals surface area contributed by atoms with Crippen molar-refractivity contribution < 1.29 is 4.79 Å². The lowest BCUT2D eigenvalue weighted by molar-refractivity contribution is -0.122. The summed E-state index contributed by atoms with van der Waals surface area (Å²) in [6.07, 6.45) is 18.4. The van der Waals surface area contributed by atoms with Gasteiger partial charge in [0.05, 0.1) is 0 Å². The number of hydrogen-bond donors (Lipinski definition) is 0. The Hall–Kier alpha value is -0.590. The minimum atomic E-state index is 0.204. The van der Waals surface area contributed by atoms with Crippen LogP contribution in [0.1, 0.15) is 98.8 Å². The van der Waals surface area contributed by atoms with Gasteiger partial charge >= 0.3 is 0 Å². The van der Waals surface area contributed by atoms with Crippen LogP contribution in [0.15, 0.2) is 12.2 Å². The van der Waals surface area contributed by atoms with Gasteiger partial charge in [-0.2, -0.15) is 0 Å². The predicted molar refractivity (Wildman–Crippen MR) is 118 cm³/mol. The third-order valence-corrected chi connectivity index (χ3v) is 10.4. The highest BCUT2D eigenvalue weighted by Crippen LogP contribution is 2.67.